The fourth-order valence-corrected chi connectivity index (χ4v) is 3.41. The van der Waals surface area contributed by atoms with Crippen LogP contribution >= 0.6 is 0 Å². The molecular weight excluding hydrogens is 262 g/mol. The normalized spacial score (nSPS) is 18.8. The van der Waals surface area contributed by atoms with Crippen LogP contribution in [0.1, 0.15) is 43.2 Å². The Morgan fingerprint density at radius 3 is 2.57 bits per heavy atom. The molecule has 0 saturated heterocycles. The van der Waals surface area contributed by atoms with Crippen molar-refractivity contribution in [3.63, 3.8) is 0 Å². The zero-order valence-corrected chi connectivity index (χ0v) is 12.6. The first-order chi connectivity index (χ1) is 10.2. The fourth-order valence-electron chi connectivity index (χ4n) is 3.41. The molecule has 1 N–H and O–H groups in total. The van der Waals surface area contributed by atoms with Gasteiger partial charge in [-0.1, -0.05) is 55.5 Å². The molecule has 0 spiro atoms. The zero-order chi connectivity index (χ0) is 14.7. The van der Waals surface area contributed by atoms with E-state index in [1.165, 1.54) is 37.6 Å². The van der Waals surface area contributed by atoms with Crippen LogP contribution in [0.3, 0.4) is 0 Å². The molecule has 4 nitrogen and oxygen atoms in total. The molecule has 1 heterocycles. The summed E-state index contributed by atoms with van der Waals surface area (Å²) in [5.74, 6) is 0.611. The number of aliphatic hydroxyl groups is 1. The van der Waals surface area contributed by atoms with Crippen molar-refractivity contribution in [3.8, 4) is 0 Å². The van der Waals surface area contributed by atoms with Gasteiger partial charge in [-0.25, -0.2) is 9.67 Å². The van der Waals surface area contributed by atoms with Crippen LogP contribution in [0.2, 0.25) is 0 Å². The Labute approximate surface area is 125 Å². The topological polar surface area (TPSA) is 50.9 Å². The monoisotopic (exact) mass is 285 g/mol. The van der Waals surface area contributed by atoms with E-state index in [1.54, 1.807) is 11.0 Å². The van der Waals surface area contributed by atoms with Crippen molar-refractivity contribution >= 4 is 0 Å². The highest BCUT2D eigenvalue weighted by atomic mass is 16.3. The molecule has 1 aliphatic rings. The van der Waals surface area contributed by atoms with E-state index in [9.17, 15) is 5.11 Å². The second kappa shape index (κ2) is 5.98. The highest BCUT2D eigenvalue weighted by molar-refractivity contribution is 5.26. The summed E-state index contributed by atoms with van der Waals surface area (Å²) in [6.45, 7) is 2.53. The number of aromatic nitrogens is 3. The van der Waals surface area contributed by atoms with Gasteiger partial charge in [0.05, 0.1) is 6.54 Å². The third kappa shape index (κ3) is 3.32. The maximum Gasteiger partial charge on any atom is 0.137 e. The molecule has 1 saturated carbocycles. The smallest absolute Gasteiger partial charge is 0.137 e. The summed E-state index contributed by atoms with van der Waals surface area (Å²) in [4.78, 5) is 3.99. The van der Waals surface area contributed by atoms with Crippen LogP contribution in [0, 0.1) is 12.8 Å². The quantitative estimate of drug-likeness (QED) is 0.918. The van der Waals surface area contributed by atoms with E-state index < -0.39 is 5.60 Å². The Kier molecular flexibility index (Phi) is 4.06. The molecule has 1 aliphatic carbocycles. The molecule has 1 atom stereocenters. The van der Waals surface area contributed by atoms with Crippen LogP contribution in [0.15, 0.2) is 36.9 Å². The van der Waals surface area contributed by atoms with Crippen LogP contribution in [0.4, 0.5) is 0 Å². The second-order valence-corrected chi connectivity index (χ2v) is 6.35. The molecule has 21 heavy (non-hydrogen) atoms. The predicted octanol–water partition coefficient (Wildman–Crippen LogP) is 3.05. The minimum atomic E-state index is -0.865. The lowest BCUT2D eigenvalue weighted by Crippen LogP contribution is -2.33. The summed E-state index contributed by atoms with van der Waals surface area (Å²) in [6, 6.07) is 8.22. The standard InChI is InChI=1S/C17H23N3O/c1-14-6-8-16(9-7-14)17(21,10-15-4-2-3-5-15)11-20-13-18-12-19-20/h6-9,12-13,15,21H,2-5,10-11H2,1H3. The fraction of sp³-hybridized carbons (Fsp3) is 0.529. The zero-order valence-electron chi connectivity index (χ0n) is 12.6. The van der Waals surface area contributed by atoms with Gasteiger partial charge in [-0.2, -0.15) is 5.10 Å². The molecule has 0 bridgehead atoms. The minimum Gasteiger partial charge on any atom is -0.383 e. The molecule has 0 amide bonds. The number of hydrogen-bond acceptors (Lipinski definition) is 3. The summed E-state index contributed by atoms with van der Waals surface area (Å²) in [7, 11) is 0. The van der Waals surface area contributed by atoms with Gasteiger partial charge in [0.2, 0.25) is 0 Å². The van der Waals surface area contributed by atoms with Crippen molar-refractivity contribution in [2.45, 2.75) is 51.2 Å². The second-order valence-electron chi connectivity index (χ2n) is 6.35. The van der Waals surface area contributed by atoms with Gasteiger partial charge in [-0.05, 0) is 24.8 Å². The minimum absolute atomic E-state index is 0.465. The molecule has 112 valence electrons. The Morgan fingerprint density at radius 1 is 1.24 bits per heavy atom. The van der Waals surface area contributed by atoms with Gasteiger partial charge in [-0.15, -0.1) is 0 Å². The lowest BCUT2D eigenvalue weighted by Gasteiger charge is -2.31. The van der Waals surface area contributed by atoms with Crippen molar-refractivity contribution in [3.05, 3.63) is 48.0 Å². The lowest BCUT2D eigenvalue weighted by molar-refractivity contribution is -0.00832. The maximum absolute atomic E-state index is 11.3. The molecule has 1 aromatic carbocycles. The molecule has 0 radical (unpaired) electrons. The van der Waals surface area contributed by atoms with Crippen LogP contribution in [-0.4, -0.2) is 19.9 Å². The van der Waals surface area contributed by atoms with E-state index >= 15 is 0 Å². The summed E-state index contributed by atoms with van der Waals surface area (Å²) < 4.78 is 1.73. The number of rotatable bonds is 5. The van der Waals surface area contributed by atoms with E-state index in [2.05, 4.69) is 29.1 Å². The average Bonchev–Trinajstić information content (AvgIpc) is 3.13. The Hall–Kier alpha value is -1.68. The molecular formula is C17H23N3O. The lowest BCUT2D eigenvalue weighted by atomic mass is 9.83. The molecule has 1 unspecified atom stereocenters. The van der Waals surface area contributed by atoms with Crippen LogP contribution in [0.25, 0.3) is 0 Å². The van der Waals surface area contributed by atoms with Crippen molar-refractivity contribution in [2.24, 2.45) is 5.92 Å². The molecule has 0 aliphatic heterocycles. The summed E-state index contributed by atoms with van der Waals surface area (Å²) in [5, 5.41) is 15.5. The van der Waals surface area contributed by atoms with Gasteiger partial charge >= 0.3 is 0 Å². The molecule has 3 rings (SSSR count). The number of hydrogen-bond donors (Lipinski definition) is 1. The van der Waals surface area contributed by atoms with Gasteiger partial charge < -0.3 is 5.11 Å². The van der Waals surface area contributed by atoms with E-state index in [4.69, 9.17) is 0 Å². The molecule has 1 fully saturated rings. The Balaban J connectivity index is 1.86. The number of nitrogens with zero attached hydrogens (tertiary/aromatic N) is 3. The first-order valence-corrected chi connectivity index (χ1v) is 7.78. The van der Waals surface area contributed by atoms with Crippen molar-refractivity contribution < 1.29 is 5.11 Å². The van der Waals surface area contributed by atoms with Crippen LogP contribution in [0.5, 0.6) is 0 Å². The summed E-state index contributed by atoms with van der Waals surface area (Å²) in [5.41, 5.74) is 1.33. The van der Waals surface area contributed by atoms with Gasteiger partial charge in [-0.3, -0.25) is 0 Å². The van der Waals surface area contributed by atoms with E-state index in [1.807, 2.05) is 12.1 Å². The molecule has 2 aromatic rings. The SMILES string of the molecule is Cc1ccc(C(O)(CC2CCCC2)Cn2cncn2)cc1. The first kappa shape index (κ1) is 14.3. The van der Waals surface area contributed by atoms with Gasteiger partial charge in [0, 0.05) is 0 Å². The van der Waals surface area contributed by atoms with E-state index in [-0.39, 0.29) is 0 Å². The third-order valence-corrected chi connectivity index (χ3v) is 4.58. The molecule has 4 heteroatoms. The van der Waals surface area contributed by atoms with Crippen molar-refractivity contribution in [1.82, 2.24) is 14.8 Å². The average molecular weight is 285 g/mol. The summed E-state index contributed by atoms with van der Waals surface area (Å²) in [6.07, 6.45) is 9.03. The van der Waals surface area contributed by atoms with Gasteiger partial charge in [0.25, 0.3) is 0 Å². The summed E-state index contributed by atoms with van der Waals surface area (Å²) >= 11 is 0. The van der Waals surface area contributed by atoms with E-state index in [0.717, 1.165) is 12.0 Å². The Bertz CT molecular complexity index is 558. The third-order valence-electron chi connectivity index (χ3n) is 4.58. The highest BCUT2D eigenvalue weighted by Crippen LogP contribution is 2.37. The number of benzene rings is 1. The van der Waals surface area contributed by atoms with Gasteiger partial charge in [0.1, 0.15) is 18.3 Å². The maximum atomic E-state index is 11.3. The van der Waals surface area contributed by atoms with Gasteiger partial charge in [0.15, 0.2) is 0 Å². The number of aryl methyl sites for hydroxylation is 1. The van der Waals surface area contributed by atoms with Crippen molar-refractivity contribution in [2.75, 3.05) is 0 Å². The predicted molar refractivity (Wildman–Crippen MR) is 81.7 cm³/mol. The van der Waals surface area contributed by atoms with E-state index in [0.29, 0.717) is 12.5 Å². The first-order valence-electron chi connectivity index (χ1n) is 7.78. The van der Waals surface area contributed by atoms with Crippen molar-refractivity contribution in [1.29, 1.82) is 0 Å². The van der Waals surface area contributed by atoms with Crippen LogP contribution < -0.4 is 0 Å². The highest BCUT2D eigenvalue weighted by Gasteiger charge is 2.34. The molecule has 1 aromatic heterocycles. The van der Waals surface area contributed by atoms with Crippen LogP contribution in [-0.2, 0) is 12.1 Å². The largest absolute Gasteiger partial charge is 0.383 e. The Morgan fingerprint density at radius 2 is 1.95 bits per heavy atom.